The number of rotatable bonds is 7. The van der Waals surface area contributed by atoms with Gasteiger partial charge in [0.05, 0.1) is 0 Å². The second-order valence-electron chi connectivity index (χ2n) is 5.07. The van der Waals surface area contributed by atoms with Crippen molar-refractivity contribution >= 4 is 11.6 Å². The lowest BCUT2D eigenvalue weighted by Gasteiger charge is -2.17. The molecule has 4 heteroatoms. The summed E-state index contributed by atoms with van der Waals surface area (Å²) in [6.07, 6.45) is 1.38. The lowest BCUT2D eigenvalue weighted by atomic mass is 10.2. The van der Waals surface area contributed by atoms with Crippen LogP contribution in [0.4, 0.5) is 5.69 Å². The molecule has 1 N–H and O–H groups in total. The summed E-state index contributed by atoms with van der Waals surface area (Å²) in [5, 5.41) is 3.05. The third kappa shape index (κ3) is 4.60. The largest absolute Gasteiger partial charge is 0.457 e. The second kappa shape index (κ2) is 8.20. The Morgan fingerprint density at radius 1 is 1.05 bits per heavy atom. The summed E-state index contributed by atoms with van der Waals surface area (Å²) in [6.45, 7) is 0.851. The van der Waals surface area contributed by atoms with Crippen molar-refractivity contribution in [2.24, 2.45) is 0 Å². The fourth-order valence-corrected chi connectivity index (χ4v) is 2.09. The SMILES string of the molecule is CNCCCC(=O)N(C)c1ccc(Oc2ccccc2)cc1. The molecule has 0 spiro atoms. The van der Waals surface area contributed by atoms with Gasteiger partial charge in [0.2, 0.25) is 5.91 Å². The first-order chi connectivity index (χ1) is 10.7. The van der Waals surface area contributed by atoms with E-state index in [1.54, 1.807) is 11.9 Å². The van der Waals surface area contributed by atoms with Gasteiger partial charge in [0.1, 0.15) is 11.5 Å². The van der Waals surface area contributed by atoms with Crippen LogP contribution in [0, 0.1) is 0 Å². The predicted octanol–water partition coefficient (Wildman–Crippen LogP) is 3.44. The highest BCUT2D eigenvalue weighted by atomic mass is 16.5. The Morgan fingerprint density at radius 2 is 1.68 bits per heavy atom. The molecule has 0 aliphatic rings. The molecule has 0 atom stereocenters. The molecule has 0 aromatic heterocycles. The number of ether oxygens (including phenoxy) is 1. The molecule has 0 unspecified atom stereocenters. The molecule has 0 bridgehead atoms. The fraction of sp³-hybridized carbons (Fsp3) is 0.278. The van der Waals surface area contributed by atoms with Crippen molar-refractivity contribution < 1.29 is 9.53 Å². The van der Waals surface area contributed by atoms with Crippen LogP contribution < -0.4 is 15.0 Å². The van der Waals surface area contributed by atoms with Crippen LogP contribution in [-0.4, -0.2) is 26.5 Å². The normalized spacial score (nSPS) is 10.3. The van der Waals surface area contributed by atoms with Crippen LogP contribution in [0.2, 0.25) is 0 Å². The van der Waals surface area contributed by atoms with Crippen molar-refractivity contribution in [3.05, 3.63) is 54.6 Å². The van der Waals surface area contributed by atoms with Crippen molar-refractivity contribution in [1.29, 1.82) is 0 Å². The van der Waals surface area contributed by atoms with Crippen LogP contribution in [-0.2, 0) is 4.79 Å². The van der Waals surface area contributed by atoms with Gasteiger partial charge in [-0.25, -0.2) is 0 Å². The zero-order chi connectivity index (χ0) is 15.8. The van der Waals surface area contributed by atoms with Crippen molar-refractivity contribution in [2.75, 3.05) is 25.5 Å². The van der Waals surface area contributed by atoms with Crippen LogP contribution in [0.25, 0.3) is 0 Å². The lowest BCUT2D eigenvalue weighted by Crippen LogP contribution is -2.26. The van der Waals surface area contributed by atoms with E-state index in [9.17, 15) is 4.79 Å². The van der Waals surface area contributed by atoms with Crippen molar-refractivity contribution in [1.82, 2.24) is 5.32 Å². The molecule has 0 saturated carbocycles. The first-order valence-corrected chi connectivity index (χ1v) is 7.45. The Labute approximate surface area is 131 Å². The number of hydrogen-bond donors (Lipinski definition) is 1. The summed E-state index contributed by atoms with van der Waals surface area (Å²) in [5.74, 6) is 1.67. The Bertz CT molecular complexity index is 582. The molecule has 0 radical (unpaired) electrons. The van der Waals surface area contributed by atoms with Gasteiger partial charge in [-0.15, -0.1) is 0 Å². The minimum absolute atomic E-state index is 0.118. The van der Waals surface area contributed by atoms with E-state index in [0.29, 0.717) is 6.42 Å². The smallest absolute Gasteiger partial charge is 0.226 e. The van der Waals surface area contributed by atoms with E-state index in [1.807, 2.05) is 61.6 Å². The maximum absolute atomic E-state index is 12.1. The van der Waals surface area contributed by atoms with Crippen molar-refractivity contribution in [3.63, 3.8) is 0 Å². The van der Waals surface area contributed by atoms with Crippen LogP contribution in [0.3, 0.4) is 0 Å². The van der Waals surface area contributed by atoms with E-state index in [0.717, 1.165) is 30.2 Å². The van der Waals surface area contributed by atoms with Gasteiger partial charge in [0.25, 0.3) is 0 Å². The molecule has 4 nitrogen and oxygen atoms in total. The topological polar surface area (TPSA) is 41.6 Å². The number of nitrogens with zero attached hydrogens (tertiary/aromatic N) is 1. The molecule has 2 aromatic rings. The molecule has 0 saturated heterocycles. The van der Waals surface area contributed by atoms with Crippen molar-refractivity contribution in [3.8, 4) is 11.5 Å². The van der Waals surface area contributed by atoms with Crippen LogP contribution >= 0.6 is 0 Å². The maximum atomic E-state index is 12.1. The zero-order valence-electron chi connectivity index (χ0n) is 13.1. The van der Waals surface area contributed by atoms with E-state index in [4.69, 9.17) is 4.74 Å². The molecule has 22 heavy (non-hydrogen) atoms. The van der Waals surface area contributed by atoms with Gasteiger partial charge < -0.3 is 15.0 Å². The van der Waals surface area contributed by atoms with Crippen molar-refractivity contribution in [2.45, 2.75) is 12.8 Å². The molecule has 0 aliphatic heterocycles. The van der Waals surface area contributed by atoms with Gasteiger partial charge in [-0.05, 0) is 56.4 Å². The van der Waals surface area contributed by atoms with Crippen LogP contribution in [0.15, 0.2) is 54.6 Å². The molecule has 2 rings (SSSR count). The summed E-state index contributed by atoms with van der Waals surface area (Å²) >= 11 is 0. The Kier molecular flexibility index (Phi) is 5.98. The number of amides is 1. The molecule has 0 aliphatic carbocycles. The van der Waals surface area contributed by atoms with E-state index in [2.05, 4.69) is 5.32 Å². The first kappa shape index (κ1) is 16.0. The number of anilines is 1. The van der Waals surface area contributed by atoms with Crippen LogP contribution in [0.1, 0.15) is 12.8 Å². The molecular formula is C18H22N2O2. The minimum Gasteiger partial charge on any atom is -0.457 e. The van der Waals surface area contributed by atoms with Gasteiger partial charge in [-0.2, -0.15) is 0 Å². The van der Waals surface area contributed by atoms with E-state index in [-0.39, 0.29) is 5.91 Å². The molecular weight excluding hydrogens is 276 g/mol. The average molecular weight is 298 g/mol. The summed E-state index contributed by atoms with van der Waals surface area (Å²) < 4.78 is 5.74. The number of hydrogen-bond acceptors (Lipinski definition) is 3. The third-order valence-electron chi connectivity index (χ3n) is 3.39. The summed E-state index contributed by atoms with van der Waals surface area (Å²) in [4.78, 5) is 13.7. The van der Waals surface area contributed by atoms with Gasteiger partial charge in [-0.3, -0.25) is 4.79 Å². The third-order valence-corrected chi connectivity index (χ3v) is 3.39. The number of carbonyl (C=O) groups excluding carboxylic acids is 1. The fourth-order valence-electron chi connectivity index (χ4n) is 2.09. The summed E-state index contributed by atoms with van der Waals surface area (Å²) in [5.41, 5.74) is 0.870. The Balaban J connectivity index is 1.94. The van der Waals surface area contributed by atoms with Gasteiger partial charge in [0, 0.05) is 19.2 Å². The first-order valence-electron chi connectivity index (χ1n) is 7.45. The summed E-state index contributed by atoms with van der Waals surface area (Å²) in [7, 11) is 3.69. The summed E-state index contributed by atoms with van der Waals surface area (Å²) in [6, 6.07) is 17.2. The highest BCUT2D eigenvalue weighted by Crippen LogP contribution is 2.24. The monoisotopic (exact) mass is 298 g/mol. The lowest BCUT2D eigenvalue weighted by molar-refractivity contribution is -0.118. The van der Waals surface area contributed by atoms with Crippen LogP contribution in [0.5, 0.6) is 11.5 Å². The van der Waals surface area contributed by atoms with Gasteiger partial charge in [-0.1, -0.05) is 18.2 Å². The number of carbonyl (C=O) groups is 1. The minimum atomic E-state index is 0.118. The highest BCUT2D eigenvalue weighted by Gasteiger charge is 2.10. The molecule has 0 heterocycles. The Hall–Kier alpha value is -2.33. The van der Waals surface area contributed by atoms with Gasteiger partial charge >= 0.3 is 0 Å². The van der Waals surface area contributed by atoms with Gasteiger partial charge in [0.15, 0.2) is 0 Å². The quantitative estimate of drug-likeness (QED) is 0.796. The average Bonchev–Trinajstić information content (AvgIpc) is 2.56. The van der Waals surface area contributed by atoms with E-state index >= 15 is 0 Å². The standard InChI is InChI=1S/C18H22N2O2/c1-19-14-6-9-18(21)20(2)15-10-12-17(13-11-15)22-16-7-4-3-5-8-16/h3-5,7-8,10-13,19H,6,9,14H2,1-2H3. The highest BCUT2D eigenvalue weighted by molar-refractivity contribution is 5.92. The second-order valence-corrected chi connectivity index (χ2v) is 5.07. The molecule has 2 aromatic carbocycles. The number of nitrogens with one attached hydrogen (secondary N) is 1. The molecule has 0 fully saturated rings. The Morgan fingerprint density at radius 3 is 2.32 bits per heavy atom. The molecule has 1 amide bonds. The number of para-hydroxylation sites is 1. The zero-order valence-corrected chi connectivity index (χ0v) is 13.1. The maximum Gasteiger partial charge on any atom is 0.226 e. The molecule has 116 valence electrons. The number of benzene rings is 2. The van der Waals surface area contributed by atoms with E-state index < -0.39 is 0 Å². The van der Waals surface area contributed by atoms with E-state index in [1.165, 1.54) is 0 Å². The predicted molar refractivity (Wildman–Crippen MR) is 89.5 cm³/mol.